The van der Waals surface area contributed by atoms with E-state index in [1.165, 1.54) is 60.5 Å². The summed E-state index contributed by atoms with van der Waals surface area (Å²) in [5.74, 6) is 0. The summed E-state index contributed by atoms with van der Waals surface area (Å²) in [4.78, 5) is 2.34. The van der Waals surface area contributed by atoms with E-state index in [9.17, 15) is 0 Å². The van der Waals surface area contributed by atoms with Crippen LogP contribution in [0, 0.1) is 0 Å². The van der Waals surface area contributed by atoms with Gasteiger partial charge in [0.05, 0.1) is 16.7 Å². The molecular weight excluding hydrogens is 741 g/mol. The Morgan fingerprint density at radius 1 is 0.295 bits per heavy atom. The molecule has 0 amide bonds. The number of hydrogen-bond acceptors (Lipinski definition) is 2. The predicted molar refractivity (Wildman–Crippen MR) is 257 cm³/mol. The number of hydrogen-bond donors (Lipinski definition) is 0. The molecule has 0 bridgehead atoms. The van der Waals surface area contributed by atoms with Gasteiger partial charge in [0.1, 0.15) is 11.2 Å². The highest BCUT2D eigenvalue weighted by Gasteiger charge is 2.17. The minimum absolute atomic E-state index is 0.905. The normalized spacial score (nSPS) is 11.6. The van der Waals surface area contributed by atoms with Gasteiger partial charge in [-0.05, 0) is 118 Å². The Kier molecular flexibility index (Phi) is 8.17. The van der Waals surface area contributed by atoms with Crippen molar-refractivity contribution >= 4 is 71.6 Å². The maximum atomic E-state index is 6.12. The van der Waals surface area contributed by atoms with E-state index >= 15 is 0 Å². The van der Waals surface area contributed by atoms with Crippen LogP contribution in [0.15, 0.2) is 235 Å². The molecule has 12 rings (SSSR count). The standard InChI is InChI=1S/C58H38N2O/c1-2-11-39(12-3-1)40-21-29-46(30-22-40)59(48-33-25-42(26-34-48)45-28-36-58-53(38-45)51-17-7-9-20-57(51)61-58)47-31-23-41(24-32-47)44-27-35-56-52(37-44)50-16-6-8-18-55(50)60(56)54-19-10-14-43-13-4-5-15-49(43)54/h1-38H. The van der Waals surface area contributed by atoms with Gasteiger partial charge in [-0.15, -0.1) is 0 Å². The van der Waals surface area contributed by atoms with E-state index in [4.69, 9.17) is 4.42 Å². The highest BCUT2D eigenvalue weighted by molar-refractivity contribution is 6.12. The molecule has 0 aliphatic rings. The van der Waals surface area contributed by atoms with Crippen LogP contribution in [0.5, 0.6) is 0 Å². The fraction of sp³-hybridized carbons (Fsp3) is 0. The summed E-state index contributed by atoms with van der Waals surface area (Å²) >= 11 is 0. The Bertz CT molecular complexity index is 3560. The first-order valence-corrected chi connectivity index (χ1v) is 20.8. The molecule has 0 aliphatic carbocycles. The second kappa shape index (κ2) is 14.3. The van der Waals surface area contributed by atoms with E-state index in [1.54, 1.807) is 0 Å². The summed E-state index contributed by atoms with van der Waals surface area (Å²) in [7, 11) is 0. The smallest absolute Gasteiger partial charge is 0.135 e. The molecule has 10 aromatic carbocycles. The molecule has 0 saturated carbocycles. The van der Waals surface area contributed by atoms with E-state index in [0.717, 1.165) is 50.1 Å². The molecule has 0 fully saturated rings. The number of anilines is 3. The largest absolute Gasteiger partial charge is 0.456 e. The highest BCUT2D eigenvalue weighted by Crippen LogP contribution is 2.41. The molecule has 286 valence electrons. The van der Waals surface area contributed by atoms with E-state index in [0.29, 0.717) is 0 Å². The van der Waals surface area contributed by atoms with Crippen LogP contribution in [0.3, 0.4) is 0 Å². The molecule has 61 heavy (non-hydrogen) atoms. The van der Waals surface area contributed by atoms with Gasteiger partial charge in [0.15, 0.2) is 0 Å². The van der Waals surface area contributed by atoms with Crippen LogP contribution in [-0.2, 0) is 0 Å². The zero-order chi connectivity index (χ0) is 40.3. The minimum Gasteiger partial charge on any atom is -0.456 e. The molecule has 3 heteroatoms. The zero-order valence-corrected chi connectivity index (χ0v) is 33.2. The molecule has 0 aliphatic heterocycles. The zero-order valence-electron chi connectivity index (χ0n) is 33.2. The molecular formula is C58H38N2O. The van der Waals surface area contributed by atoms with Gasteiger partial charge >= 0.3 is 0 Å². The Hall–Kier alpha value is -8.14. The molecule has 3 nitrogen and oxygen atoms in total. The minimum atomic E-state index is 0.905. The summed E-state index contributed by atoms with van der Waals surface area (Å²) < 4.78 is 8.54. The monoisotopic (exact) mass is 778 g/mol. The first kappa shape index (κ1) is 34.9. The molecule has 0 unspecified atom stereocenters. The quantitative estimate of drug-likeness (QED) is 0.161. The van der Waals surface area contributed by atoms with Crippen molar-refractivity contribution in [2.45, 2.75) is 0 Å². The lowest BCUT2D eigenvalue weighted by Crippen LogP contribution is -2.09. The third-order valence-corrected chi connectivity index (χ3v) is 12.2. The van der Waals surface area contributed by atoms with Crippen LogP contribution in [-0.4, -0.2) is 4.57 Å². The average molecular weight is 779 g/mol. The number of nitrogens with zero attached hydrogens (tertiary/aromatic N) is 2. The second-order valence-electron chi connectivity index (χ2n) is 15.7. The highest BCUT2D eigenvalue weighted by atomic mass is 16.3. The molecule has 0 saturated heterocycles. The van der Waals surface area contributed by atoms with E-state index in [-0.39, 0.29) is 0 Å². The lowest BCUT2D eigenvalue weighted by atomic mass is 10.0. The third-order valence-electron chi connectivity index (χ3n) is 12.2. The summed E-state index contributed by atoms with van der Waals surface area (Å²) in [6.07, 6.45) is 0. The average Bonchev–Trinajstić information content (AvgIpc) is 3.87. The molecule has 0 atom stereocenters. The van der Waals surface area contributed by atoms with Crippen molar-refractivity contribution < 1.29 is 4.42 Å². The Labute approximate surface area is 353 Å². The lowest BCUT2D eigenvalue weighted by Gasteiger charge is -2.26. The van der Waals surface area contributed by atoms with Gasteiger partial charge in [-0.1, -0.05) is 152 Å². The van der Waals surface area contributed by atoms with Crippen molar-refractivity contribution in [2.24, 2.45) is 0 Å². The SMILES string of the molecule is c1ccc(-c2ccc(N(c3ccc(-c4ccc5oc6ccccc6c5c4)cc3)c3ccc(-c4ccc5c(c4)c4ccccc4n5-c4cccc5ccccc45)cc3)cc2)cc1. The lowest BCUT2D eigenvalue weighted by molar-refractivity contribution is 0.669. The summed E-state index contributed by atoms with van der Waals surface area (Å²) in [6.45, 7) is 0. The van der Waals surface area contributed by atoms with Crippen LogP contribution in [0.25, 0.3) is 93.6 Å². The Morgan fingerprint density at radius 3 is 1.48 bits per heavy atom. The Morgan fingerprint density at radius 2 is 0.770 bits per heavy atom. The second-order valence-corrected chi connectivity index (χ2v) is 15.7. The van der Waals surface area contributed by atoms with E-state index in [1.807, 2.05) is 12.1 Å². The van der Waals surface area contributed by atoms with E-state index < -0.39 is 0 Å². The van der Waals surface area contributed by atoms with Crippen LogP contribution in [0.1, 0.15) is 0 Å². The van der Waals surface area contributed by atoms with Gasteiger partial charge in [-0.25, -0.2) is 0 Å². The molecule has 0 spiro atoms. The number of para-hydroxylation sites is 2. The maximum absolute atomic E-state index is 6.12. The number of rotatable bonds is 7. The van der Waals surface area contributed by atoms with Crippen molar-refractivity contribution in [3.63, 3.8) is 0 Å². The van der Waals surface area contributed by atoms with Crippen LogP contribution in [0.4, 0.5) is 17.1 Å². The fourth-order valence-corrected chi connectivity index (χ4v) is 9.21. The topological polar surface area (TPSA) is 21.3 Å². The first-order valence-electron chi connectivity index (χ1n) is 20.8. The number of fused-ring (bicyclic) bond motifs is 7. The van der Waals surface area contributed by atoms with Crippen LogP contribution in [0.2, 0.25) is 0 Å². The maximum Gasteiger partial charge on any atom is 0.135 e. The predicted octanol–water partition coefficient (Wildman–Crippen LogP) is 16.3. The molecule has 2 aromatic heterocycles. The summed E-state index contributed by atoms with van der Waals surface area (Å²) in [6, 6.07) is 83.0. The fourth-order valence-electron chi connectivity index (χ4n) is 9.21. The third kappa shape index (κ3) is 5.98. The number of aromatic nitrogens is 1. The first-order chi connectivity index (χ1) is 30.2. The molecule has 0 N–H and O–H groups in total. The van der Waals surface area contributed by atoms with Gasteiger partial charge in [0, 0.05) is 44.0 Å². The van der Waals surface area contributed by atoms with Crippen molar-refractivity contribution in [3.05, 3.63) is 231 Å². The molecule has 2 heterocycles. The van der Waals surface area contributed by atoms with Gasteiger partial charge in [0.2, 0.25) is 0 Å². The van der Waals surface area contributed by atoms with Crippen LogP contribution < -0.4 is 4.90 Å². The number of furan rings is 1. The van der Waals surface area contributed by atoms with Crippen molar-refractivity contribution in [1.82, 2.24) is 4.57 Å². The summed E-state index contributed by atoms with van der Waals surface area (Å²) in [5.41, 5.74) is 15.7. The van der Waals surface area contributed by atoms with Crippen molar-refractivity contribution in [3.8, 4) is 39.1 Å². The van der Waals surface area contributed by atoms with Crippen LogP contribution >= 0.6 is 0 Å². The molecule has 12 aromatic rings. The van der Waals surface area contributed by atoms with Gasteiger partial charge in [-0.2, -0.15) is 0 Å². The van der Waals surface area contributed by atoms with Gasteiger partial charge in [0.25, 0.3) is 0 Å². The van der Waals surface area contributed by atoms with Gasteiger partial charge < -0.3 is 13.9 Å². The summed E-state index contributed by atoms with van der Waals surface area (Å²) in [5, 5.41) is 7.23. The number of benzene rings is 10. The van der Waals surface area contributed by atoms with E-state index in [2.05, 4.69) is 228 Å². The van der Waals surface area contributed by atoms with Crippen molar-refractivity contribution in [2.75, 3.05) is 4.90 Å². The molecule has 0 radical (unpaired) electrons. The van der Waals surface area contributed by atoms with Crippen molar-refractivity contribution in [1.29, 1.82) is 0 Å². The van der Waals surface area contributed by atoms with Gasteiger partial charge in [-0.3, -0.25) is 0 Å². The Balaban J connectivity index is 0.925.